The molecule has 10 heteroatoms. The summed E-state index contributed by atoms with van der Waals surface area (Å²) in [6.45, 7) is -1.13. The van der Waals surface area contributed by atoms with Crippen molar-refractivity contribution in [1.29, 1.82) is 0 Å². The van der Waals surface area contributed by atoms with Gasteiger partial charge in [-0.05, 0) is 18.6 Å². The normalized spacial score (nSPS) is 24.0. The lowest BCUT2D eigenvalue weighted by Gasteiger charge is -2.30. The number of halogens is 5. The molecule has 1 aromatic carbocycles. The maximum absolute atomic E-state index is 12.4. The summed E-state index contributed by atoms with van der Waals surface area (Å²) in [6, 6.07) is 4.92. The molecule has 0 unspecified atom stereocenters. The molecule has 2 heterocycles. The van der Waals surface area contributed by atoms with Crippen LogP contribution in [0.25, 0.3) is 0 Å². The van der Waals surface area contributed by atoms with E-state index in [2.05, 4.69) is 10.1 Å². The van der Waals surface area contributed by atoms with Crippen LogP contribution in [0.1, 0.15) is 18.4 Å². The van der Waals surface area contributed by atoms with Crippen LogP contribution < -0.4 is 0 Å². The first-order chi connectivity index (χ1) is 11.8. The van der Waals surface area contributed by atoms with Gasteiger partial charge in [-0.15, -0.1) is 0 Å². The van der Waals surface area contributed by atoms with Crippen LogP contribution in [0.3, 0.4) is 0 Å². The molecular formula is C15H14Cl2F3N3O2. The van der Waals surface area contributed by atoms with Crippen molar-refractivity contribution in [2.45, 2.75) is 37.5 Å². The Kier molecular flexibility index (Phi) is 5.24. The van der Waals surface area contributed by atoms with Crippen LogP contribution in [0.2, 0.25) is 10.0 Å². The Bertz CT molecular complexity index is 727. The average Bonchev–Trinajstić information content (AvgIpc) is 3.15. The van der Waals surface area contributed by atoms with Gasteiger partial charge in [-0.2, -0.15) is 18.3 Å². The summed E-state index contributed by atoms with van der Waals surface area (Å²) in [7, 11) is 0. The third kappa shape index (κ3) is 4.44. The van der Waals surface area contributed by atoms with Crippen molar-refractivity contribution in [3.63, 3.8) is 0 Å². The summed E-state index contributed by atoms with van der Waals surface area (Å²) in [5.74, 6) is 0. The van der Waals surface area contributed by atoms with Crippen LogP contribution >= 0.6 is 23.2 Å². The van der Waals surface area contributed by atoms with E-state index in [-0.39, 0.29) is 6.54 Å². The number of benzene rings is 1. The van der Waals surface area contributed by atoms with E-state index in [0.717, 1.165) is 0 Å². The second-order valence-electron chi connectivity index (χ2n) is 5.72. The summed E-state index contributed by atoms with van der Waals surface area (Å²) in [6.07, 6.45) is -1.83. The number of alkyl halides is 3. The molecule has 25 heavy (non-hydrogen) atoms. The van der Waals surface area contributed by atoms with Crippen molar-refractivity contribution in [3.05, 3.63) is 46.5 Å². The van der Waals surface area contributed by atoms with Gasteiger partial charge in [-0.25, -0.2) is 9.67 Å². The second-order valence-corrected chi connectivity index (χ2v) is 6.57. The number of aromatic nitrogens is 3. The van der Waals surface area contributed by atoms with E-state index in [1.165, 1.54) is 17.3 Å². The Labute approximate surface area is 151 Å². The number of nitrogens with zero attached hydrogens (tertiary/aromatic N) is 3. The van der Waals surface area contributed by atoms with E-state index in [0.29, 0.717) is 28.5 Å². The highest BCUT2D eigenvalue weighted by molar-refractivity contribution is 6.35. The molecule has 1 fully saturated rings. The molecule has 3 rings (SSSR count). The van der Waals surface area contributed by atoms with Crippen molar-refractivity contribution >= 4 is 23.2 Å². The fourth-order valence-corrected chi connectivity index (χ4v) is 3.44. The summed E-state index contributed by atoms with van der Waals surface area (Å²) in [5, 5.41) is 4.86. The minimum absolute atomic E-state index is 0.236. The van der Waals surface area contributed by atoms with Crippen LogP contribution in [-0.2, 0) is 21.6 Å². The molecule has 0 bridgehead atoms. The zero-order chi connectivity index (χ0) is 18.1. The Balaban J connectivity index is 1.86. The Morgan fingerprint density at radius 2 is 2.16 bits per heavy atom. The molecule has 0 saturated carbocycles. The third-order valence-corrected chi connectivity index (χ3v) is 4.43. The zero-order valence-corrected chi connectivity index (χ0v) is 14.4. The highest BCUT2D eigenvalue weighted by Gasteiger charge is 2.45. The Hall–Kier alpha value is -1.35. The van der Waals surface area contributed by atoms with Gasteiger partial charge in [0.25, 0.3) is 0 Å². The van der Waals surface area contributed by atoms with Gasteiger partial charge in [0.2, 0.25) is 0 Å². The molecule has 0 radical (unpaired) electrons. The third-order valence-electron chi connectivity index (χ3n) is 3.88. The molecule has 1 aromatic heterocycles. The van der Waals surface area contributed by atoms with Gasteiger partial charge in [0, 0.05) is 22.0 Å². The van der Waals surface area contributed by atoms with E-state index in [1.54, 1.807) is 18.2 Å². The largest absolute Gasteiger partial charge is 0.411 e. The molecule has 5 nitrogen and oxygen atoms in total. The Morgan fingerprint density at radius 3 is 2.80 bits per heavy atom. The van der Waals surface area contributed by atoms with Gasteiger partial charge in [0.05, 0.1) is 6.54 Å². The number of ether oxygens (including phenoxy) is 2. The molecular weight excluding hydrogens is 382 g/mol. The topological polar surface area (TPSA) is 49.2 Å². The smallest absolute Gasteiger partial charge is 0.343 e. The van der Waals surface area contributed by atoms with Gasteiger partial charge in [-0.1, -0.05) is 29.3 Å². The van der Waals surface area contributed by atoms with Crippen LogP contribution in [0.5, 0.6) is 0 Å². The minimum Gasteiger partial charge on any atom is -0.343 e. The minimum atomic E-state index is -4.42. The lowest BCUT2D eigenvalue weighted by Crippen LogP contribution is -2.34. The summed E-state index contributed by atoms with van der Waals surface area (Å²) >= 11 is 12.2. The Morgan fingerprint density at radius 1 is 1.36 bits per heavy atom. The van der Waals surface area contributed by atoms with Gasteiger partial charge in [0.1, 0.15) is 24.9 Å². The first-order valence-corrected chi connectivity index (χ1v) is 8.17. The van der Waals surface area contributed by atoms with Crippen molar-refractivity contribution in [3.8, 4) is 0 Å². The fraction of sp³-hybridized carbons (Fsp3) is 0.467. The van der Waals surface area contributed by atoms with Crippen LogP contribution in [0.15, 0.2) is 30.9 Å². The second kappa shape index (κ2) is 7.11. The lowest BCUT2D eigenvalue weighted by molar-refractivity contribution is -0.239. The highest BCUT2D eigenvalue weighted by Crippen LogP contribution is 2.44. The van der Waals surface area contributed by atoms with Gasteiger partial charge < -0.3 is 9.47 Å². The molecule has 1 saturated heterocycles. The van der Waals surface area contributed by atoms with Crippen molar-refractivity contribution < 1.29 is 22.6 Å². The maximum Gasteiger partial charge on any atom is 0.411 e. The molecule has 0 N–H and O–H groups in total. The monoisotopic (exact) mass is 395 g/mol. The van der Waals surface area contributed by atoms with E-state index in [1.807, 2.05) is 0 Å². The van der Waals surface area contributed by atoms with E-state index in [9.17, 15) is 13.2 Å². The number of hydrogen-bond acceptors (Lipinski definition) is 4. The van der Waals surface area contributed by atoms with Crippen LogP contribution in [-0.4, -0.2) is 33.8 Å². The van der Waals surface area contributed by atoms with Crippen LogP contribution in [0, 0.1) is 0 Å². The summed E-state index contributed by atoms with van der Waals surface area (Å²) in [5.41, 5.74) is -0.363. The van der Waals surface area contributed by atoms with Gasteiger partial charge in [0.15, 0.2) is 6.29 Å². The number of rotatable bonds is 5. The van der Waals surface area contributed by atoms with Crippen molar-refractivity contribution in [2.75, 3.05) is 6.61 Å². The first kappa shape index (κ1) is 18.4. The van der Waals surface area contributed by atoms with Crippen molar-refractivity contribution in [1.82, 2.24) is 14.8 Å². The molecule has 0 amide bonds. The lowest BCUT2D eigenvalue weighted by atomic mass is 9.90. The first-order valence-electron chi connectivity index (χ1n) is 7.42. The molecule has 136 valence electrons. The fourth-order valence-electron chi connectivity index (χ4n) is 2.86. The summed E-state index contributed by atoms with van der Waals surface area (Å²) in [4.78, 5) is 3.88. The van der Waals surface area contributed by atoms with E-state index >= 15 is 0 Å². The predicted octanol–water partition coefficient (Wildman–Crippen LogP) is 4.20. The SMILES string of the molecule is FC(F)(F)CO[C@@H]1CC[C@](Cn2cncn2)(c2ccc(Cl)cc2Cl)O1. The van der Waals surface area contributed by atoms with Gasteiger partial charge in [-0.3, -0.25) is 0 Å². The molecule has 1 aliphatic heterocycles. The average molecular weight is 396 g/mol. The standard InChI is InChI=1S/C15H14Cl2F3N3O2/c16-10-1-2-11(12(17)5-10)14(6-23-9-21-8-22-23)4-3-13(25-14)24-7-15(18,19)20/h1-2,5,8-9,13H,3-4,6-7H2/t13-,14-/m0/s1. The van der Waals surface area contributed by atoms with Crippen molar-refractivity contribution in [2.24, 2.45) is 0 Å². The van der Waals surface area contributed by atoms with E-state index in [4.69, 9.17) is 32.7 Å². The van der Waals surface area contributed by atoms with Gasteiger partial charge >= 0.3 is 6.18 Å². The maximum atomic E-state index is 12.4. The predicted molar refractivity (Wildman–Crippen MR) is 84.3 cm³/mol. The highest BCUT2D eigenvalue weighted by atomic mass is 35.5. The van der Waals surface area contributed by atoms with Crippen LogP contribution in [0.4, 0.5) is 13.2 Å². The zero-order valence-electron chi connectivity index (χ0n) is 12.8. The molecule has 2 aromatic rings. The summed E-state index contributed by atoms with van der Waals surface area (Å²) < 4.78 is 49.5. The number of hydrogen-bond donors (Lipinski definition) is 0. The molecule has 2 atom stereocenters. The quantitative estimate of drug-likeness (QED) is 0.761. The molecule has 0 spiro atoms. The van der Waals surface area contributed by atoms with E-state index < -0.39 is 24.7 Å². The molecule has 0 aliphatic carbocycles. The molecule has 1 aliphatic rings.